The average molecular weight is 491 g/mol. The van der Waals surface area contributed by atoms with Crippen molar-refractivity contribution in [2.45, 2.75) is 50.5 Å². The number of hydrogen-bond donors (Lipinski definition) is 2. The maximum absolute atomic E-state index is 12.9. The van der Waals surface area contributed by atoms with E-state index in [0.717, 1.165) is 30.7 Å². The number of aryl methyl sites for hydroxylation is 2. The third-order valence-electron chi connectivity index (χ3n) is 6.56. The maximum atomic E-state index is 12.9. The van der Waals surface area contributed by atoms with Gasteiger partial charge in [0, 0.05) is 32.7 Å². The van der Waals surface area contributed by atoms with Gasteiger partial charge in [0.25, 0.3) is 5.91 Å². The van der Waals surface area contributed by atoms with Crippen LogP contribution in [-0.2, 0) is 38.9 Å². The van der Waals surface area contributed by atoms with Crippen molar-refractivity contribution in [2.75, 3.05) is 26.4 Å². The molecular formula is C23H30N4O6S. The molecule has 0 unspecified atom stereocenters. The number of hydrogen-bond acceptors (Lipinski definition) is 7. The number of benzene rings is 1. The minimum Gasteiger partial charge on any atom is -0.462 e. The quantitative estimate of drug-likeness (QED) is 0.441. The molecule has 34 heavy (non-hydrogen) atoms. The van der Waals surface area contributed by atoms with E-state index in [1.807, 2.05) is 11.6 Å². The Bertz CT molecular complexity index is 1180. The van der Waals surface area contributed by atoms with E-state index < -0.39 is 16.0 Å². The summed E-state index contributed by atoms with van der Waals surface area (Å²) < 4.78 is 35.8. The van der Waals surface area contributed by atoms with Gasteiger partial charge in [-0.2, -0.15) is 5.10 Å². The third-order valence-corrected chi connectivity index (χ3v) is 7.47. The normalized spacial score (nSPS) is 17.6. The molecule has 1 fully saturated rings. The van der Waals surface area contributed by atoms with Gasteiger partial charge in [-0.05, 0) is 49.3 Å². The van der Waals surface area contributed by atoms with Crippen molar-refractivity contribution in [1.29, 1.82) is 0 Å². The highest BCUT2D eigenvalue weighted by Crippen LogP contribution is 2.37. The SMILES string of the molecule is CCc1nn(CCCOC(=O)c2cccc(S(N)(=O)=O)c2)c2c1C(=O)NCC1(CCOCC1)C2. The number of primary sulfonamides is 1. The highest BCUT2D eigenvalue weighted by molar-refractivity contribution is 7.89. The van der Waals surface area contributed by atoms with Crippen molar-refractivity contribution in [3.63, 3.8) is 0 Å². The number of sulfonamides is 1. The molecule has 3 N–H and O–H groups in total. The Labute approximate surface area is 198 Å². The Morgan fingerprint density at radius 3 is 2.79 bits per heavy atom. The number of nitrogens with one attached hydrogen (secondary N) is 1. The molecule has 0 aliphatic carbocycles. The Morgan fingerprint density at radius 2 is 2.09 bits per heavy atom. The predicted molar refractivity (Wildman–Crippen MR) is 123 cm³/mol. The lowest BCUT2D eigenvalue weighted by atomic mass is 9.76. The summed E-state index contributed by atoms with van der Waals surface area (Å²) in [5.74, 6) is -0.706. The van der Waals surface area contributed by atoms with Crippen LogP contribution < -0.4 is 10.5 Å². The van der Waals surface area contributed by atoms with Gasteiger partial charge in [-0.15, -0.1) is 0 Å². The van der Waals surface area contributed by atoms with Gasteiger partial charge in [-0.1, -0.05) is 13.0 Å². The van der Waals surface area contributed by atoms with Crippen LogP contribution >= 0.6 is 0 Å². The number of nitrogens with zero attached hydrogens (tertiary/aromatic N) is 2. The molecule has 2 aromatic rings. The van der Waals surface area contributed by atoms with E-state index in [2.05, 4.69) is 5.32 Å². The van der Waals surface area contributed by atoms with Crippen LogP contribution in [0.2, 0.25) is 0 Å². The number of fused-ring (bicyclic) bond motifs is 1. The molecule has 3 heterocycles. The maximum Gasteiger partial charge on any atom is 0.338 e. The van der Waals surface area contributed by atoms with E-state index in [-0.39, 0.29) is 28.4 Å². The fraction of sp³-hybridized carbons (Fsp3) is 0.522. The summed E-state index contributed by atoms with van der Waals surface area (Å²) in [6.45, 7) is 4.59. The van der Waals surface area contributed by atoms with E-state index in [1.165, 1.54) is 24.3 Å². The largest absolute Gasteiger partial charge is 0.462 e. The smallest absolute Gasteiger partial charge is 0.338 e. The van der Waals surface area contributed by atoms with Crippen LogP contribution in [0.5, 0.6) is 0 Å². The summed E-state index contributed by atoms with van der Waals surface area (Å²) >= 11 is 0. The van der Waals surface area contributed by atoms with Gasteiger partial charge in [0.05, 0.1) is 34.0 Å². The second-order valence-corrected chi connectivity index (χ2v) is 10.4. The van der Waals surface area contributed by atoms with Crippen molar-refractivity contribution < 1.29 is 27.5 Å². The van der Waals surface area contributed by atoms with E-state index in [1.54, 1.807) is 0 Å². The predicted octanol–water partition coefficient (Wildman–Crippen LogP) is 1.42. The minimum absolute atomic E-state index is 0.0389. The molecule has 0 bridgehead atoms. The van der Waals surface area contributed by atoms with Crippen LogP contribution in [0, 0.1) is 5.41 Å². The van der Waals surface area contributed by atoms with Gasteiger partial charge < -0.3 is 14.8 Å². The van der Waals surface area contributed by atoms with Crippen LogP contribution in [0.25, 0.3) is 0 Å². The summed E-state index contributed by atoms with van der Waals surface area (Å²) in [6.07, 6.45) is 3.66. The molecule has 1 amide bonds. The number of carbonyl (C=O) groups excluding carboxylic acids is 2. The standard InChI is InChI=1S/C23H30N4O6S/c1-2-18-20-19(14-23(15-25-21(20)28)7-11-32-12-8-23)27(26-18)9-4-10-33-22(29)16-5-3-6-17(13-16)34(24,30)31/h3,5-6,13H,2,4,7-12,14-15H2,1H3,(H,25,28)(H2,24,30,31). The van der Waals surface area contributed by atoms with E-state index in [0.29, 0.717) is 44.7 Å². The second-order valence-electron chi connectivity index (χ2n) is 8.88. The Balaban J connectivity index is 1.44. The molecule has 11 heteroatoms. The first-order chi connectivity index (χ1) is 16.2. The lowest BCUT2D eigenvalue weighted by Crippen LogP contribution is -2.40. The summed E-state index contributed by atoms with van der Waals surface area (Å²) in [6, 6.07) is 5.44. The molecule has 0 atom stereocenters. The van der Waals surface area contributed by atoms with Crippen molar-refractivity contribution in [2.24, 2.45) is 10.6 Å². The molecule has 2 aliphatic rings. The number of ether oxygens (including phenoxy) is 2. The molecule has 0 radical (unpaired) electrons. The molecule has 1 spiro atoms. The van der Waals surface area contributed by atoms with Crippen LogP contribution in [-0.4, -0.2) is 56.4 Å². The number of esters is 1. The van der Waals surface area contributed by atoms with Crippen LogP contribution in [0.4, 0.5) is 0 Å². The first kappa shape index (κ1) is 24.4. The van der Waals surface area contributed by atoms with Crippen LogP contribution in [0.15, 0.2) is 29.2 Å². The molecule has 10 nitrogen and oxygen atoms in total. The summed E-state index contributed by atoms with van der Waals surface area (Å²) in [7, 11) is -3.91. The molecular weight excluding hydrogens is 460 g/mol. The highest BCUT2D eigenvalue weighted by Gasteiger charge is 2.39. The van der Waals surface area contributed by atoms with Crippen molar-refractivity contribution in [3.8, 4) is 0 Å². The van der Waals surface area contributed by atoms with E-state index in [4.69, 9.17) is 19.7 Å². The summed E-state index contributed by atoms with van der Waals surface area (Å²) in [5.41, 5.74) is 2.45. The third kappa shape index (κ3) is 5.16. The Morgan fingerprint density at radius 1 is 1.32 bits per heavy atom. The van der Waals surface area contributed by atoms with E-state index >= 15 is 0 Å². The van der Waals surface area contributed by atoms with Gasteiger partial charge in [-0.25, -0.2) is 18.4 Å². The molecule has 1 aromatic heterocycles. The number of aromatic nitrogens is 2. The minimum atomic E-state index is -3.91. The van der Waals surface area contributed by atoms with Gasteiger partial charge in [0.15, 0.2) is 0 Å². The topological polar surface area (TPSA) is 143 Å². The highest BCUT2D eigenvalue weighted by atomic mass is 32.2. The number of amides is 1. The van der Waals surface area contributed by atoms with Crippen molar-refractivity contribution >= 4 is 21.9 Å². The molecule has 184 valence electrons. The van der Waals surface area contributed by atoms with Crippen LogP contribution in [0.3, 0.4) is 0 Å². The second kappa shape index (κ2) is 9.85. The summed E-state index contributed by atoms with van der Waals surface area (Å²) in [5, 5.41) is 12.9. The molecule has 1 aromatic carbocycles. The fourth-order valence-corrected chi connectivity index (χ4v) is 5.18. The van der Waals surface area contributed by atoms with Crippen molar-refractivity contribution in [1.82, 2.24) is 15.1 Å². The zero-order valence-electron chi connectivity index (χ0n) is 19.2. The summed E-state index contributed by atoms with van der Waals surface area (Å²) in [4.78, 5) is 25.1. The zero-order valence-corrected chi connectivity index (χ0v) is 20.0. The van der Waals surface area contributed by atoms with Gasteiger partial charge in [0.2, 0.25) is 10.0 Å². The monoisotopic (exact) mass is 490 g/mol. The lowest BCUT2D eigenvalue weighted by molar-refractivity contribution is 0.0152. The van der Waals surface area contributed by atoms with Crippen molar-refractivity contribution in [3.05, 3.63) is 46.8 Å². The average Bonchev–Trinajstić information content (AvgIpc) is 3.10. The molecule has 0 saturated carbocycles. The van der Waals surface area contributed by atoms with Crippen LogP contribution in [0.1, 0.15) is 58.3 Å². The first-order valence-electron chi connectivity index (χ1n) is 11.5. The van der Waals surface area contributed by atoms with E-state index in [9.17, 15) is 18.0 Å². The molecule has 4 rings (SSSR count). The van der Waals surface area contributed by atoms with Gasteiger partial charge in [-0.3, -0.25) is 9.48 Å². The Hall–Kier alpha value is -2.76. The fourth-order valence-electron chi connectivity index (χ4n) is 4.62. The zero-order chi connectivity index (χ0) is 24.3. The molecule has 2 aliphatic heterocycles. The first-order valence-corrected chi connectivity index (χ1v) is 13.0. The number of rotatable bonds is 7. The van der Waals surface area contributed by atoms with Gasteiger partial charge in [0.1, 0.15) is 0 Å². The van der Waals surface area contributed by atoms with Gasteiger partial charge >= 0.3 is 5.97 Å². The lowest BCUT2D eigenvalue weighted by Gasteiger charge is -2.36. The Kier molecular flexibility index (Phi) is 7.06. The number of carbonyl (C=O) groups is 2. The molecule has 1 saturated heterocycles. The number of nitrogens with two attached hydrogens (primary N) is 1.